The lowest BCUT2D eigenvalue weighted by Crippen LogP contribution is -2.49. The zero-order valence-corrected chi connectivity index (χ0v) is 18.5. The molecule has 0 aromatic heterocycles. The minimum absolute atomic E-state index is 0.0156. The molecule has 0 fully saturated rings. The van der Waals surface area contributed by atoms with Crippen molar-refractivity contribution in [1.82, 2.24) is 4.31 Å². The number of carbonyl (C=O) groups excluding carboxylic acids is 1. The molecule has 2 aromatic carbocycles. The van der Waals surface area contributed by atoms with E-state index in [-0.39, 0.29) is 18.0 Å². The fourth-order valence-corrected chi connectivity index (χ4v) is 4.75. The zero-order valence-electron chi connectivity index (χ0n) is 17.7. The number of methoxy groups -OCH3 is 1. The number of hydrogen-bond donors (Lipinski definition) is 1. The molecule has 8 nitrogen and oxygen atoms in total. The maximum absolute atomic E-state index is 13.4. The molecule has 0 aliphatic rings. The summed E-state index contributed by atoms with van der Waals surface area (Å²) in [5, 5.41) is 9.12. The molecule has 0 heterocycles. The molecule has 1 N–H and O–H groups in total. The molecule has 0 bridgehead atoms. The number of hydrogen-bond acceptors (Lipinski definition) is 6. The molecule has 0 saturated heterocycles. The zero-order chi connectivity index (χ0) is 23.0. The van der Waals surface area contributed by atoms with Crippen LogP contribution in [0.25, 0.3) is 0 Å². The van der Waals surface area contributed by atoms with Crippen LogP contribution in [0, 0.1) is 5.92 Å². The minimum Gasteiger partial charge on any atom is -0.497 e. The van der Waals surface area contributed by atoms with E-state index >= 15 is 0 Å². The quantitative estimate of drug-likeness (QED) is 0.525. The van der Waals surface area contributed by atoms with Crippen molar-refractivity contribution >= 4 is 22.0 Å². The second kappa shape index (κ2) is 10.9. The van der Waals surface area contributed by atoms with Crippen LogP contribution in [-0.4, -0.2) is 49.5 Å². The van der Waals surface area contributed by atoms with Gasteiger partial charge in [0.1, 0.15) is 18.4 Å². The summed E-state index contributed by atoms with van der Waals surface area (Å²) in [6.07, 6.45) is -0.454. The number of benzene rings is 2. The summed E-state index contributed by atoms with van der Waals surface area (Å²) >= 11 is 0. The summed E-state index contributed by atoms with van der Waals surface area (Å²) in [5.74, 6) is -1.89. The molecule has 31 heavy (non-hydrogen) atoms. The van der Waals surface area contributed by atoms with Gasteiger partial charge in [-0.15, -0.1) is 0 Å². The third-order valence-electron chi connectivity index (χ3n) is 4.62. The first-order chi connectivity index (χ1) is 14.7. The molecule has 0 amide bonds. The van der Waals surface area contributed by atoms with Gasteiger partial charge in [-0.1, -0.05) is 44.2 Å². The number of nitrogens with zero attached hydrogens (tertiary/aromatic N) is 1. The SMILES string of the molecule is COc1ccc(S(=O)(=O)N(CCC(=O)O)C(C(=O)OCc2ccccc2)C(C)C)cc1. The van der Waals surface area contributed by atoms with E-state index in [0.717, 1.165) is 9.87 Å². The van der Waals surface area contributed by atoms with Gasteiger partial charge in [0, 0.05) is 6.54 Å². The van der Waals surface area contributed by atoms with Gasteiger partial charge in [-0.25, -0.2) is 8.42 Å². The van der Waals surface area contributed by atoms with Crippen LogP contribution in [0.4, 0.5) is 0 Å². The Balaban J connectivity index is 2.35. The summed E-state index contributed by atoms with van der Waals surface area (Å²) in [5.41, 5.74) is 0.758. The molecule has 0 aliphatic heterocycles. The van der Waals surface area contributed by atoms with Crippen molar-refractivity contribution in [3.05, 3.63) is 60.2 Å². The Bertz CT molecular complexity index is 973. The number of rotatable bonds is 11. The van der Waals surface area contributed by atoms with Crippen LogP contribution in [0.15, 0.2) is 59.5 Å². The summed E-state index contributed by atoms with van der Waals surface area (Å²) in [6, 6.07) is 13.5. The Kier molecular flexibility index (Phi) is 8.58. The first kappa shape index (κ1) is 24.4. The van der Waals surface area contributed by atoms with Gasteiger partial charge in [0.15, 0.2) is 0 Å². The fourth-order valence-electron chi connectivity index (χ4n) is 3.03. The molecule has 0 aliphatic carbocycles. The summed E-state index contributed by atoms with van der Waals surface area (Å²) in [6.45, 7) is 2.99. The summed E-state index contributed by atoms with van der Waals surface area (Å²) < 4.78 is 38.1. The molecule has 9 heteroatoms. The Morgan fingerprint density at radius 1 is 1.03 bits per heavy atom. The Morgan fingerprint density at radius 2 is 1.65 bits per heavy atom. The molecule has 0 saturated carbocycles. The van der Waals surface area contributed by atoms with Gasteiger partial charge in [-0.2, -0.15) is 4.31 Å². The standard InChI is InChI=1S/C22H27NO7S/c1-16(2)21(22(26)30-15-17-7-5-4-6-8-17)23(14-13-20(24)25)31(27,28)19-11-9-18(29-3)10-12-19/h4-12,16,21H,13-15H2,1-3H3,(H,24,25). The highest BCUT2D eigenvalue weighted by Crippen LogP contribution is 2.25. The van der Waals surface area contributed by atoms with E-state index in [1.54, 1.807) is 38.1 Å². The number of ether oxygens (including phenoxy) is 2. The summed E-state index contributed by atoms with van der Waals surface area (Å²) in [7, 11) is -2.72. The number of aliphatic carboxylic acids is 1. The Labute approximate surface area is 182 Å². The third-order valence-corrected chi connectivity index (χ3v) is 6.51. The van der Waals surface area contributed by atoms with Crippen molar-refractivity contribution in [3.8, 4) is 5.75 Å². The van der Waals surface area contributed by atoms with E-state index in [4.69, 9.17) is 14.6 Å². The van der Waals surface area contributed by atoms with Gasteiger partial charge < -0.3 is 14.6 Å². The van der Waals surface area contributed by atoms with Crippen LogP contribution < -0.4 is 4.74 Å². The van der Waals surface area contributed by atoms with Crippen LogP contribution in [0.3, 0.4) is 0 Å². The van der Waals surface area contributed by atoms with E-state index in [1.807, 2.05) is 6.07 Å². The van der Waals surface area contributed by atoms with Gasteiger partial charge in [0.25, 0.3) is 0 Å². The maximum Gasteiger partial charge on any atom is 0.325 e. The van der Waals surface area contributed by atoms with Gasteiger partial charge in [0.05, 0.1) is 18.4 Å². The maximum atomic E-state index is 13.4. The van der Waals surface area contributed by atoms with Crippen LogP contribution >= 0.6 is 0 Å². The molecular formula is C22H27NO7S. The highest BCUT2D eigenvalue weighted by Gasteiger charge is 2.39. The normalized spacial score (nSPS) is 12.5. The minimum atomic E-state index is -4.18. The molecule has 2 aromatic rings. The van der Waals surface area contributed by atoms with Crippen LogP contribution in [0.1, 0.15) is 25.8 Å². The van der Waals surface area contributed by atoms with Crippen molar-refractivity contribution in [2.24, 2.45) is 5.92 Å². The largest absolute Gasteiger partial charge is 0.497 e. The average molecular weight is 450 g/mol. The Morgan fingerprint density at radius 3 is 2.16 bits per heavy atom. The van der Waals surface area contributed by atoms with Crippen LogP contribution in [-0.2, 0) is 31.0 Å². The number of carboxylic acids is 1. The smallest absolute Gasteiger partial charge is 0.325 e. The lowest BCUT2D eigenvalue weighted by molar-refractivity contribution is -0.151. The fraction of sp³-hybridized carbons (Fsp3) is 0.364. The average Bonchev–Trinajstić information content (AvgIpc) is 2.75. The van der Waals surface area contributed by atoms with Crippen molar-refractivity contribution in [2.75, 3.05) is 13.7 Å². The van der Waals surface area contributed by atoms with Crippen LogP contribution in [0.5, 0.6) is 5.75 Å². The number of carboxylic acid groups (broad SMARTS) is 1. The van der Waals surface area contributed by atoms with E-state index < -0.39 is 40.3 Å². The second-order valence-electron chi connectivity index (χ2n) is 7.22. The molecule has 2 rings (SSSR count). The lowest BCUT2D eigenvalue weighted by Gasteiger charge is -2.31. The highest BCUT2D eigenvalue weighted by atomic mass is 32.2. The van der Waals surface area contributed by atoms with E-state index in [9.17, 15) is 18.0 Å². The molecule has 1 unspecified atom stereocenters. The molecule has 168 valence electrons. The Hall–Kier alpha value is -2.91. The molecular weight excluding hydrogens is 422 g/mol. The first-order valence-corrected chi connectivity index (χ1v) is 11.2. The lowest BCUT2D eigenvalue weighted by atomic mass is 10.0. The topological polar surface area (TPSA) is 110 Å². The van der Waals surface area contributed by atoms with Crippen LogP contribution in [0.2, 0.25) is 0 Å². The molecule has 0 radical (unpaired) electrons. The number of carbonyl (C=O) groups is 2. The predicted octanol–water partition coefficient (Wildman–Crippen LogP) is 2.93. The number of esters is 1. The van der Waals surface area contributed by atoms with Gasteiger partial charge >= 0.3 is 11.9 Å². The van der Waals surface area contributed by atoms with Crippen molar-refractivity contribution in [3.63, 3.8) is 0 Å². The number of sulfonamides is 1. The van der Waals surface area contributed by atoms with Crippen molar-refractivity contribution < 1.29 is 32.6 Å². The molecule has 1 atom stereocenters. The molecule has 0 spiro atoms. The summed E-state index contributed by atoms with van der Waals surface area (Å²) in [4.78, 5) is 24.0. The third kappa shape index (κ3) is 6.53. The van der Waals surface area contributed by atoms with Crippen molar-refractivity contribution in [2.45, 2.75) is 37.8 Å². The second-order valence-corrected chi connectivity index (χ2v) is 9.11. The van der Waals surface area contributed by atoms with E-state index in [2.05, 4.69) is 0 Å². The first-order valence-electron chi connectivity index (χ1n) is 9.75. The van der Waals surface area contributed by atoms with E-state index in [1.165, 1.54) is 31.4 Å². The van der Waals surface area contributed by atoms with Crippen molar-refractivity contribution in [1.29, 1.82) is 0 Å². The highest BCUT2D eigenvalue weighted by molar-refractivity contribution is 7.89. The van der Waals surface area contributed by atoms with Gasteiger partial charge in [0.2, 0.25) is 10.0 Å². The predicted molar refractivity (Wildman–Crippen MR) is 114 cm³/mol. The van der Waals surface area contributed by atoms with E-state index in [0.29, 0.717) is 5.75 Å². The van der Waals surface area contributed by atoms with Gasteiger partial charge in [-0.05, 0) is 35.7 Å². The van der Waals surface area contributed by atoms with Gasteiger partial charge in [-0.3, -0.25) is 9.59 Å². The monoisotopic (exact) mass is 449 g/mol.